The Labute approximate surface area is 120 Å². The van der Waals surface area contributed by atoms with Gasteiger partial charge in [0.15, 0.2) is 0 Å². The number of anilines is 1. The molecule has 1 aromatic heterocycles. The molecule has 0 unspecified atom stereocenters. The predicted molar refractivity (Wildman–Crippen MR) is 76.4 cm³/mol. The highest BCUT2D eigenvalue weighted by molar-refractivity contribution is 7.89. The molecule has 0 aliphatic carbocycles. The van der Waals surface area contributed by atoms with E-state index in [2.05, 4.69) is 0 Å². The number of thiophene rings is 1. The van der Waals surface area contributed by atoms with Crippen molar-refractivity contribution >= 4 is 27.0 Å². The number of sulfonamides is 1. The molecule has 2 N–H and O–H groups in total. The maximum atomic E-state index is 13.3. The highest BCUT2D eigenvalue weighted by Crippen LogP contribution is 2.30. The van der Waals surface area contributed by atoms with Crippen LogP contribution in [0.3, 0.4) is 0 Å². The van der Waals surface area contributed by atoms with Crippen molar-refractivity contribution in [3.8, 4) is 0 Å². The molecule has 0 saturated heterocycles. The number of hydrogen-bond donors (Lipinski definition) is 1. The third-order valence-corrected chi connectivity index (χ3v) is 6.29. The number of rotatable bonds is 2. The summed E-state index contributed by atoms with van der Waals surface area (Å²) in [4.78, 5) is 1.06. The number of nitrogens with zero attached hydrogens (tertiary/aromatic N) is 1. The van der Waals surface area contributed by atoms with Crippen LogP contribution < -0.4 is 5.73 Å². The van der Waals surface area contributed by atoms with Crippen LogP contribution >= 0.6 is 11.3 Å². The average molecular weight is 312 g/mol. The lowest BCUT2D eigenvalue weighted by Crippen LogP contribution is -2.35. The van der Waals surface area contributed by atoms with Crippen LogP contribution in [0.4, 0.5) is 10.1 Å². The zero-order valence-corrected chi connectivity index (χ0v) is 12.2. The summed E-state index contributed by atoms with van der Waals surface area (Å²) in [5.74, 6) is -0.606. The van der Waals surface area contributed by atoms with Crippen molar-refractivity contribution in [3.63, 3.8) is 0 Å². The molecule has 2 aromatic rings. The number of nitrogen functional groups attached to an aromatic ring is 1. The molecule has 3 rings (SSSR count). The van der Waals surface area contributed by atoms with Crippen LogP contribution in [-0.4, -0.2) is 19.3 Å². The minimum atomic E-state index is -3.76. The molecule has 0 amide bonds. The standard InChI is InChI=1S/C13H13FN2O2S2/c14-10-1-2-11(15)13(7-10)20(17,18)16-5-3-12-9(8-16)4-6-19-12/h1-2,4,6-7H,3,5,8,15H2. The zero-order chi connectivity index (χ0) is 14.3. The van der Waals surface area contributed by atoms with Crippen LogP contribution in [0.1, 0.15) is 10.4 Å². The summed E-state index contributed by atoms with van der Waals surface area (Å²) < 4.78 is 39.8. The highest BCUT2D eigenvalue weighted by Gasteiger charge is 2.30. The van der Waals surface area contributed by atoms with E-state index in [4.69, 9.17) is 5.73 Å². The Hall–Kier alpha value is -1.44. The van der Waals surface area contributed by atoms with Crippen LogP contribution in [0.5, 0.6) is 0 Å². The summed E-state index contributed by atoms with van der Waals surface area (Å²) in [6.07, 6.45) is 0.682. The zero-order valence-electron chi connectivity index (χ0n) is 10.5. The summed E-state index contributed by atoms with van der Waals surface area (Å²) in [6, 6.07) is 5.34. The number of hydrogen-bond acceptors (Lipinski definition) is 4. The lowest BCUT2D eigenvalue weighted by molar-refractivity contribution is 0.394. The molecule has 0 fully saturated rings. The molecule has 4 nitrogen and oxygen atoms in total. The second-order valence-corrected chi connectivity index (χ2v) is 7.55. The van der Waals surface area contributed by atoms with Gasteiger partial charge in [0.2, 0.25) is 10.0 Å². The normalized spacial score (nSPS) is 16.1. The third kappa shape index (κ3) is 2.21. The van der Waals surface area contributed by atoms with Gasteiger partial charge in [0.05, 0.1) is 5.69 Å². The van der Waals surface area contributed by atoms with E-state index < -0.39 is 15.8 Å². The summed E-state index contributed by atoms with van der Waals surface area (Å²) in [6.45, 7) is 0.711. The van der Waals surface area contributed by atoms with Gasteiger partial charge in [0, 0.05) is 18.0 Å². The van der Waals surface area contributed by atoms with Gasteiger partial charge in [-0.1, -0.05) is 0 Å². The first-order chi connectivity index (χ1) is 9.48. The van der Waals surface area contributed by atoms with Gasteiger partial charge >= 0.3 is 0 Å². The SMILES string of the molecule is Nc1ccc(F)cc1S(=O)(=O)N1CCc2sccc2C1. The summed E-state index contributed by atoms with van der Waals surface area (Å²) in [5, 5.41) is 1.96. The van der Waals surface area contributed by atoms with Crippen LogP contribution in [0.15, 0.2) is 34.5 Å². The predicted octanol–water partition coefficient (Wildman–Crippen LogP) is 2.22. The van der Waals surface area contributed by atoms with Crippen molar-refractivity contribution in [2.24, 2.45) is 0 Å². The topological polar surface area (TPSA) is 63.4 Å². The van der Waals surface area contributed by atoms with E-state index in [1.54, 1.807) is 11.3 Å². The number of nitrogens with two attached hydrogens (primary N) is 1. The van der Waals surface area contributed by atoms with E-state index in [0.29, 0.717) is 19.5 Å². The molecule has 0 bridgehead atoms. The van der Waals surface area contributed by atoms with Crippen molar-refractivity contribution in [1.29, 1.82) is 0 Å². The van der Waals surface area contributed by atoms with E-state index in [-0.39, 0.29) is 10.6 Å². The van der Waals surface area contributed by atoms with Gasteiger partial charge in [-0.2, -0.15) is 4.31 Å². The first-order valence-electron chi connectivity index (χ1n) is 6.09. The Morgan fingerprint density at radius 3 is 2.90 bits per heavy atom. The second kappa shape index (κ2) is 4.83. The minimum absolute atomic E-state index is 0.0718. The fraction of sp³-hybridized carbons (Fsp3) is 0.231. The van der Waals surface area contributed by atoms with Crippen molar-refractivity contribution in [2.75, 3.05) is 12.3 Å². The Balaban J connectivity index is 1.99. The minimum Gasteiger partial charge on any atom is -0.398 e. The first kappa shape index (κ1) is 13.5. The highest BCUT2D eigenvalue weighted by atomic mass is 32.2. The molecular formula is C13H13FN2O2S2. The molecule has 0 atom stereocenters. The van der Waals surface area contributed by atoms with E-state index in [9.17, 15) is 12.8 Å². The van der Waals surface area contributed by atoms with Gasteiger partial charge in [0.25, 0.3) is 0 Å². The third-order valence-electron chi connectivity index (χ3n) is 3.37. The van der Waals surface area contributed by atoms with Crippen molar-refractivity contribution < 1.29 is 12.8 Å². The maximum Gasteiger partial charge on any atom is 0.245 e. The second-order valence-electron chi connectivity index (χ2n) is 4.64. The number of halogens is 1. The van der Waals surface area contributed by atoms with Crippen molar-refractivity contribution in [3.05, 3.63) is 45.9 Å². The van der Waals surface area contributed by atoms with Crippen LogP contribution in [-0.2, 0) is 23.0 Å². The van der Waals surface area contributed by atoms with Gasteiger partial charge in [-0.05, 0) is 41.6 Å². The molecule has 0 saturated carbocycles. The van der Waals surface area contributed by atoms with Gasteiger partial charge in [0.1, 0.15) is 10.7 Å². The molecule has 7 heteroatoms. The molecule has 106 valence electrons. The first-order valence-corrected chi connectivity index (χ1v) is 8.41. The monoisotopic (exact) mass is 312 g/mol. The maximum absolute atomic E-state index is 13.3. The van der Waals surface area contributed by atoms with Crippen LogP contribution in [0.2, 0.25) is 0 Å². The van der Waals surface area contributed by atoms with Crippen LogP contribution in [0, 0.1) is 5.82 Å². The summed E-state index contributed by atoms with van der Waals surface area (Å²) in [5.41, 5.74) is 6.77. The fourth-order valence-electron chi connectivity index (χ4n) is 2.30. The lowest BCUT2D eigenvalue weighted by atomic mass is 10.1. The fourth-order valence-corrected chi connectivity index (χ4v) is 4.73. The van der Waals surface area contributed by atoms with Gasteiger partial charge in [-0.3, -0.25) is 0 Å². The quantitative estimate of drug-likeness (QED) is 0.865. The van der Waals surface area contributed by atoms with E-state index in [1.165, 1.54) is 15.2 Å². The smallest absolute Gasteiger partial charge is 0.245 e. The Bertz CT molecular complexity index is 755. The molecule has 0 spiro atoms. The van der Waals surface area contributed by atoms with Crippen LogP contribution in [0.25, 0.3) is 0 Å². The van der Waals surface area contributed by atoms with E-state index >= 15 is 0 Å². The number of benzene rings is 1. The molecule has 2 heterocycles. The number of fused-ring (bicyclic) bond motifs is 1. The molecule has 1 aromatic carbocycles. The molecular weight excluding hydrogens is 299 g/mol. The van der Waals surface area contributed by atoms with Gasteiger partial charge in [-0.15, -0.1) is 11.3 Å². The van der Waals surface area contributed by atoms with E-state index in [0.717, 1.165) is 17.7 Å². The van der Waals surface area contributed by atoms with Gasteiger partial charge in [-0.25, -0.2) is 12.8 Å². The Morgan fingerprint density at radius 1 is 1.30 bits per heavy atom. The molecule has 1 aliphatic heterocycles. The molecule has 1 aliphatic rings. The molecule has 20 heavy (non-hydrogen) atoms. The van der Waals surface area contributed by atoms with Crippen molar-refractivity contribution in [1.82, 2.24) is 4.31 Å². The summed E-state index contributed by atoms with van der Waals surface area (Å²) >= 11 is 1.63. The van der Waals surface area contributed by atoms with Gasteiger partial charge < -0.3 is 5.73 Å². The average Bonchev–Trinajstić information content (AvgIpc) is 2.88. The lowest BCUT2D eigenvalue weighted by Gasteiger charge is -2.26. The summed E-state index contributed by atoms with van der Waals surface area (Å²) in [7, 11) is -3.76. The van der Waals surface area contributed by atoms with E-state index in [1.807, 2.05) is 11.4 Å². The largest absolute Gasteiger partial charge is 0.398 e. The Morgan fingerprint density at radius 2 is 2.10 bits per heavy atom. The Kier molecular flexibility index (Phi) is 3.27. The molecule has 0 radical (unpaired) electrons. The van der Waals surface area contributed by atoms with Crippen molar-refractivity contribution in [2.45, 2.75) is 17.9 Å².